The number of nitrogens with one attached hydrogen (secondary N) is 2. The van der Waals surface area contributed by atoms with Crippen molar-refractivity contribution >= 4 is 22.7 Å². The number of hydrogen-bond donors (Lipinski definition) is 3. The Morgan fingerprint density at radius 1 is 1.35 bits per heavy atom. The third kappa shape index (κ3) is 4.29. The number of aromatic amines is 1. The summed E-state index contributed by atoms with van der Waals surface area (Å²) in [5.74, 6) is -0.692. The molecule has 136 valence electrons. The van der Waals surface area contributed by atoms with Crippen molar-refractivity contribution in [2.24, 2.45) is 5.92 Å². The van der Waals surface area contributed by atoms with Gasteiger partial charge in [-0.15, -0.1) is 0 Å². The molecule has 2 unspecified atom stereocenters. The third-order valence-electron chi connectivity index (χ3n) is 4.78. The first-order valence-electron chi connectivity index (χ1n) is 8.97. The number of hydrogen-bond acceptors (Lipinski definition) is 3. The Hall–Kier alpha value is -2.66. The molecule has 1 aromatic heterocycles. The number of benzene rings is 1. The van der Waals surface area contributed by atoms with Gasteiger partial charge in [-0.05, 0) is 30.4 Å². The molecule has 1 aliphatic carbocycles. The Bertz CT molecular complexity index is 863. The summed E-state index contributed by atoms with van der Waals surface area (Å²) in [4.78, 5) is 27.1. The number of carbonyl (C=O) groups excluding carboxylic acids is 1. The highest BCUT2D eigenvalue weighted by atomic mass is 16.4. The first kappa shape index (κ1) is 18.1. The van der Waals surface area contributed by atoms with Crippen LogP contribution in [0.15, 0.2) is 54.3 Å². The number of carboxylic acid groups (broad SMARTS) is 1. The molecule has 5 nitrogen and oxygen atoms in total. The second-order valence-electron chi connectivity index (χ2n) is 6.81. The minimum absolute atomic E-state index is 0.0340. The Kier molecular flexibility index (Phi) is 5.68. The van der Waals surface area contributed by atoms with Crippen molar-refractivity contribution in [2.75, 3.05) is 6.54 Å². The number of rotatable bonds is 8. The third-order valence-corrected chi connectivity index (χ3v) is 4.78. The van der Waals surface area contributed by atoms with E-state index in [1.165, 1.54) is 0 Å². The monoisotopic (exact) mass is 352 g/mol. The molecule has 2 aromatic rings. The molecule has 0 amide bonds. The highest BCUT2D eigenvalue weighted by Gasteiger charge is 2.22. The second kappa shape index (κ2) is 8.15. The molecule has 0 saturated heterocycles. The van der Waals surface area contributed by atoms with Gasteiger partial charge in [0, 0.05) is 35.6 Å². The van der Waals surface area contributed by atoms with Gasteiger partial charge in [0.2, 0.25) is 0 Å². The largest absolute Gasteiger partial charge is 0.480 e. The van der Waals surface area contributed by atoms with Gasteiger partial charge in [-0.2, -0.15) is 0 Å². The molecule has 1 aromatic carbocycles. The zero-order chi connectivity index (χ0) is 18.5. The molecular weight excluding hydrogens is 328 g/mol. The number of ketones is 1. The number of allylic oxidation sites excluding steroid dienone is 4. The van der Waals surface area contributed by atoms with Crippen LogP contribution in [0, 0.1) is 5.92 Å². The van der Waals surface area contributed by atoms with E-state index in [2.05, 4.69) is 17.2 Å². The van der Waals surface area contributed by atoms with Crippen molar-refractivity contribution in [1.29, 1.82) is 0 Å². The second-order valence-corrected chi connectivity index (χ2v) is 6.81. The van der Waals surface area contributed by atoms with Gasteiger partial charge >= 0.3 is 5.97 Å². The summed E-state index contributed by atoms with van der Waals surface area (Å²) in [5.41, 5.74) is 2.82. The lowest BCUT2D eigenvalue weighted by molar-refractivity contribution is -0.140. The van der Waals surface area contributed by atoms with E-state index in [0.29, 0.717) is 24.5 Å². The van der Waals surface area contributed by atoms with Crippen LogP contribution in [0.3, 0.4) is 0 Å². The van der Waals surface area contributed by atoms with Crippen molar-refractivity contribution in [3.05, 3.63) is 59.8 Å². The van der Waals surface area contributed by atoms with Crippen LogP contribution < -0.4 is 5.32 Å². The van der Waals surface area contributed by atoms with Crippen LogP contribution in [0.4, 0.5) is 0 Å². The molecular formula is C21H24N2O3. The maximum absolute atomic E-state index is 12.4. The van der Waals surface area contributed by atoms with Crippen LogP contribution in [0.5, 0.6) is 0 Å². The van der Waals surface area contributed by atoms with Gasteiger partial charge in [-0.3, -0.25) is 9.59 Å². The summed E-state index contributed by atoms with van der Waals surface area (Å²) in [6, 6.07) is 7.14. The van der Waals surface area contributed by atoms with Crippen LogP contribution >= 0.6 is 0 Å². The number of carboxylic acids is 1. The van der Waals surface area contributed by atoms with E-state index in [0.717, 1.165) is 22.9 Å². The zero-order valence-corrected chi connectivity index (χ0v) is 14.9. The van der Waals surface area contributed by atoms with Gasteiger partial charge in [-0.1, -0.05) is 43.4 Å². The molecule has 3 N–H and O–H groups in total. The molecule has 0 radical (unpaired) electrons. The number of Topliss-reactive ketones (excluding diaryl/α,β-unsaturated/α-hetero) is 1. The number of carbonyl (C=O) groups is 2. The summed E-state index contributed by atoms with van der Waals surface area (Å²) in [6.45, 7) is 2.58. The number of H-pyrrole nitrogens is 1. The first-order valence-corrected chi connectivity index (χ1v) is 8.97. The van der Waals surface area contributed by atoms with E-state index >= 15 is 0 Å². The maximum Gasteiger partial charge on any atom is 0.321 e. The number of aliphatic carboxylic acids is 1. The Morgan fingerprint density at radius 3 is 2.88 bits per heavy atom. The molecule has 0 bridgehead atoms. The topological polar surface area (TPSA) is 82.2 Å². The highest BCUT2D eigenvalue weighted by molar-refractivity contribution is 6.00. The molecule has 26 heavy (non-hydrogen) atoms. The Labute approximate surface area is 152 Å². The van der Waals surface area contributed by atoms with E-state index in [9.17, 15) is 14.7 Å². The predicted octanol–water partition coefficient (Wildman–Crippen LogP) is 3.23. The average molecular weight is 352 g/mol. The van der Waals surface area contributed by atoms with Gasteiger partial charge < -0.3 is 15.4 Å². The van der Waals surface area contributed by atoms with E-state index in [1.54, 1.807) is 6.08 Å². The van der Waals surface area contributed by atoms with Crippen molar-refractivity contribution in [3.8, 4) is 0 Å². The van der Waals surface area contributed by atoms with Crippen LogP contribution in [-0.4, -0.2) is 34.4 Å². The van der Waals surface area contributed by atoms with E-state index in [4.69, 9.17) is 0 Å². The molecule has 0 spiro atoms. The molecule has 5 heteroatoms. The highest BCUT2D eigenvalue weighted by Crippen LogP contribution is 2.19. The molecule has 1 heterocycles. The first-order chi connectivity index (χ1) is 12.5. The van der Waals surface area contributed by atoms with Gasteiger partial charge in [-0.25, -0.2) is 0 Å². The number of fused-ring (bicyclic) bond motifs is 1. The average Bonchev–Trinajstić information content (AvgIpc) is 3.04. The van der Waals surface area contributed by atoms with E-state index in [1.807, 2.05) is 42.6 Å². The molecule has 3 rings (SSSR count). The van der Waals surface area contributed by atoms with Crippen molar-refractivity contribution in [3.63, 3.8) is 0 Å². The fraction of sp³-hybridized carbons (Fsp3) is 0.333. The van der Waals surface area contributed by atoms with Gasteiger partial charge in [0.25, 0.3) is 0 Å². The number of para-hydroxylation sites is 1. The number of aromatic nitrogens is 1. The van der Waals surface area contributed by atoms with Crippen molar-refractivity contribution in [2.45, 2.75) is 32.2 Å². The normalized spacial score (nSPS) is 17.9. The lowest BCUT2D eigenvalue weighted by Gasteiger charge is -2.16. The quantitative estimate of drug-likeness (QED) is 0.681. The predicted molar refractivity (Wildman–Crippen MR) is 102 cm³/mol. The summed E-state index contributed by atoms with van der Waals surface area (Å²) in [6.07, 6.45) is 9.14. The van der Waals surface area contributed by atoms with Crippen LogP contribution in [-0.2, 0) is 16.0 Å². The lowest BCUT2D eigenvalue weighted by atomic mass is 9.94. The molecule has 0 aliphatic heterocycles. The zero-order valence-electron chi connectivity index (χ0n) is 14.9. The Balaban J connectivity index is 1.56. The minimum Gasteiger partial charge on any atom is -0.480 e. The van der Waals surface area contributed by atoms with Crippen molar-refractivity contribution < 1.29 is 14.7 Å². The van der Waals surface area contributed by atoms with Crippen LogP contribution in [0.1, 0.15) is 25.3 Å². The van der Waals surface area contributed by atoms with Gasteiger partial charge in [0.15, 0.2) is 5.78 Å². The fourth-order valence-electron chi connectivity index (χ4n) is 3.20. The molecule has 0 fully saturated rings. The summed E-state index contributed by atoms with van der Waals surface area (Å²) in [5, 5.41) is 13.6. The van der Waals surface area contributed by atoms with Crippen LogP contribution in [0.25, 0.3) is 10.9 Å². The standard InChI is InChI=1S/C21H24N2O3/c1-14-6-8-15(9-7-14)20(24)12-19(21(25)26)22-11-10-16-13-23-18-5-3-2-4-17(16)18/h2-6,8-9,13-14,19,22-23H,7,10-12H2,1H3,(H,25,26). The maximum atomic E-state index is 12.4. The van der Waals surface area contributed by atoms with E-state index < -0.39 is 12.0 Å². The van der Waals surface area contributed by atoms with Crippen LogP contribution in [0.2, 0.25) is 0 Å². The summed E-state index contributed by atoms with van der Waals surface area (Å²) in [7, 11) is 0. The van der Waals surface area contributed by atoms with E-state index in [-0.39, 0.29) is 12.2 Å². The van der Waals surface area contributed by atoms with Gasteiger partial charge in [0.1, 0.15) is 6.04 Å². The minimum atomic E-state index is -0.994. The smallest absolute Gasteiger partial charge is 0.321 e. The fourth-order valence-corrected chi connectivity index (χ4v) is 3.20. The summed E-state index contributed by atoms with van der Waals surface area (Å²) >= 11 is 0. The van der Waals surface area contributed by atoms with Crippen molar-refractivity contribution in [1.82, 2.24) is 10.3 Å². The lowest BCUT2D eigenvalue weighted by Crippen LogP contribution is -2.39. The molecule has 0 saturated carbocycles. The molecule has 1 aliphatic rings. The SMILES string of the molecule is CC1C=CC(C(=O)CC(NCCc2c[nH]c3ccccc23)C(=O)O)=CC1. The summed E-state index contributed by atoms with van der Waals surface area (Å²) < 4.78 is 0. The van der Waals surface area contributed by atoms with Gasteiger partial charge in [0.05, 0.1) is 0 Å². The Morgan fingerprint density at radius 2 is 2.15 bits per heavy atom. The molecule has 2 atom stereocenters.